The normalized spacial score (nSPS) is 15.2. The second-order valence-electron chi connectivity index (χ2n) is 5.08. The fraction of sp³-hybridized carbons (Fsp3) is 0.467. The Morgan fingerprint density at radius 3 is 2.94 bits per heavy atom. The molecule has 2 aromatic rings. The summed E-state index contributed by atoms with van der Waals surface area (Å²) >= 11 is 0. The Balaban J connectivity index is 1.84. The van der Waals surface area contributed by atoms with E-state index in [4.69, 9.17) is 9.15 Å². The van der Waals surface area contributed by atoms with Gasteiger partial charge in [-0.05, 0) is 56.0 Å². The molecule has 0 unspecified atom stereocenters. The molecule has 1 saturated carbocycles. The molecule has 1 aromatic carbocycles. The van der Waals surface area contributed by atoms with Crippen molar-refractivity contribution >= 4 is 11.0 Å². The van der Waals surface area contributed by atoms with Gasteiger partial charge in [-0.3, -0.25) is 0 Å². The monoisotopic (exact) mass is 245 g/mol. The molecule has 1 heterocycles. The molecule has 0 aliphatic heterocycles. The number of furan rings is 1. The molecule has 3 heteroatoms. The molecule has 0 bridgehead atoms. The maximum Gasteiger partial charge on any atom is 0.175 e. The Morgan fingerprint density at radius 1 is 1.39 bits per heavy atom. The van der Waals surface area contributed by atoms with Crippen LogP contribution < -0.4 is 10.1 Å². The lowest BCUT2D eigenvalue weighted by molar-refractivity contribution is 0.410. The van der Waals surface area contributed by atoms with Crippen molar-refractivity contribution in [1.29, 1.82) is 0 Å². The molecule has 1 aromatic heterocycles. The standard InChI is InChI=1S/C15H19NO2/c1-10-7-13-11(5-6-16-12-3-4-12)9-18-15(13)14(8-10)17-2/h7-9,12,16H,3-6H2,1-2H3. The molecule has 0 amide bonds. The predicted octanol–water partition coefficient (Wildman–Crippen LogP) is 3.04. The van der Waals surface area contributed by atoms with Crippen LogP contribution >= 0.6 is 0 Å². The second-order valence-corrected chi connectivity index (χ2v) is 5.08. The number of hydrogen-bond donors (Lipinski definition) is 1. The van der Waals surface area contributed by atoms with E-state index in [1.165, 1.54) is 29.4 Å². The Morgan fingerprint density at radius 2 is 2.22 bits per heavy atom. The van der Waals surface area contributed by atoms with Crippen molar-refractivity contribution in [3.05, 3.63) is 29.5 Å². The van der Waals surface area contributed by atoms with Gasteiger partial charge in [-0.2, -0.15) is 0 Å². The number of rotatable bonds is 5. The van der Waals surface area contributed by atoms with Gasteiger partial charge in [-0.1, -0.05) is 0 Å². The first-order chi connectivity index (χ1) is 8.78. The van der Waals surface area contributed by atoms with Crippen LogP contribution in [0.1, 0.15) is 24.0 Å². The molecule has 0 saturated heterocycles. The average molecular weight is 245 g/mol. The fourth-order valence-corrected chi connectivity index (χ4v) is 2.34. The average Bonchev–Trinajstić information content (AvgIpc) is 3.10. The lowest BCUT2D eigenvalue weighted by Gasteiger charge is -2.04. The van der Waals surface area contributed by atoms with E-state index in [0.717, 1.165) is 30.3 Å². The van der Waals surface area contributed by atoms with Crippen molar-refractivity contribution in [1.82, 2.24) is 5.32 Å². The summed E-state index contributed by atoms with van der Waals surface area (Å²) in [6, 6.07) is 4.95. The second kappa shape index (κ2) is 4.65. The first kappa shape index (κ1) is 11.6. The van der Waals surface area contributed by atoms with E-state index in [1.54, 1.807) is 7.11 Å². The highest BCUT2D eigenvalue weighted by atomic mass is 16.5. The third kappa shape index (κ3) is 2.23. The fourth-order valence-electron chi connectivity index (χ4n) is 2.34. The lowest BCUT2D eigenvalue weighted by Crippen LogP contribution is -2.19. The molecule has 1 aliphatic rings. The maximum absolute atomic E-state index is 5.65. The summed E-state index contributed by atoms with van der Waals surface area (Å²) in [5.41, 5.74) is 3.34. The Kier molecular flexibility index (Phi) is 3.00. The molecule has 3 rings (SSSR count). The van der Waals surface area contributed by atoms with E-state index < -0.39 is 0 Å². The smallest absolute Gasteiger partial charge is 0.175 e. The number of hydrogen-bond acceptors (Lipinski definition) is 3. The van der Waals surface area contributed by atoms with Crippen LogP contribution in [0.25, 0.3) is 11.0 Å². The third-order valence-electron chi connectivity index (χ3n) is 3.49. The van der Waals surface area contributed by atoms with E-state index in [2.05, 4.69) is 18.3 Å². The number of fused-ring (bicyclic) bond motifs is 1. The number of ether oxygens (including phenoxy) is 1. The van der Waals surface area contributed by atoms with Crippen LogP contribution in [0.4, 0.5) is 0 Å². The van der Waals surface area contributed by atoms with Crippen LogP contribution in [-0.2, 0) is 6.42 Å². The zero-order chi connectivity index (χ0) is 12.5. The quantitative estimate of drug-likeness (QED) is 0.879. The van der Waals surface area contributed by atoms with Crippen LogP contribution in [0.3, 0.4) is 0 Å². The molecule has 96 valence electrons. The molecule has 0 spiro atoms. The van der Waals surface area contributed by atoms with Gasteiger partial charge in [0, 0.05) is 11.4 Å². The highest BCUT2D eigenvalue weighted by Gasteiger charge is 2.20. The maximum atomic E-state index is 5.65. The van der Waals surface area contributed by atoms with Gasteiger partial charge in [0.15, 0.2) is 11.3 Å². The van der Waals surface area contributed by atoms with Gasteiger partial charge in [-0.15, -0.1) is 0 Å². The van der Waals surface area contributed by atoms with Crippen molar-refractivity contribution in [2.24, 2.45) is 0 Å². The van der Waals surface area contributed by atoms with Crippen LogP contribution in [-0.4, -0.2) is 19.7 Å². The van der Waals surface area contributed by atoms with E-state index in [-0.39, 0.29) is 0 Å². The molecule has 0 radical (unpaired) electrons. The van der Waals surface area contributed by atoms with Gasteiger partial charge in [0.05, 0.1) is 13.4 Å². The predicted molar refractivity (Wildman–Crippen MR) is 72.2 cm³/mol. The molecule has 0 atom stereocenters. The largest absolute Gasteiger partial charge is 0.493 e. The molecular formula is C15H19NO2. The topological polar surface area (TPSA) is 34.4 Å². The van der Waals surface area contributed by atoms with E-state index >= 15 is 0 Å². The Labute approximate surface area is 107 Å². The summed E-state index contributed by atoms with van der Waals surface area (Å²) in [4.78, 5) is 0. The number of nitrogens with one attached hydrogen (secondary N) is 1. The molecule has 3 nitrogen and oxygen atoms in total. The van der Waals surface area contributed by atoms with Crippen LogP contribution in [0.15, 0.2) is 22.8 Å². The number of benzene rings is 1. The van der Waals surface area contributed by atoms with Crippen molar-refractivity contribution in [3.63, 3.8) is 0 Å². The lowest BCUT2D eigenvalue weighted by atomic mass is 10.1. The van der Waals surface area contributed by atoms with Gasteiger partial charge < -0.3 is 14.5 Å². The van der Waals surface area contributed by atoms with Crippen LogP contribution in [0, 0.1) is 6.92 Å². The van der Waals surface area contributed by atoms with Crippen molar-refractivity contribution < 1.29 is 9.15 Å². The zero-order valence-corrected chi connectivity index (χ0v) is 11.0. The highest BCUT2D eigenvalue weighted by Crippen LogP contribution is 2.31. The molecular weight excluding hydrogens is 226 g/mol. The summed E-state index contributed by atoms with van der Waals surface area (Å²) in [6.07, 6.45) is 5.54. The van der Waals surface area contributed by atoms with Gasteiger partial charge in [0.1, 0.15) is 0 Å². The van der Waals surface area contributed by atoms with E-state index in [0.29, 0.717) is 0 Å². The SMILES string of the molecule is COc1cc(C)cc2c(CCNC3CC3)coc12. The summed E-state index contributed by atoms with van der Waals surface area (Å²) in [5.74, 6) is 0.825. The first-order valence-corrected chi connectivity index (χ1v) is 6.56. The van der Waals surface area contributed by atoms with E-state index in [9.17, 15) is 0 Å². The third-order valence-corrected chi connectivity index (χ3v) is 3.49. The molecule has 1 N–H and O–H groups in total. The van der Waals surface area contributed by atoms with Crippen LogP contribution in [0.5, 0.6) is 5.75 Å². The first-order valence-electron chi connectivity index (χ1n) is 6.56. The van der Waals surface area contributed by atoms with Crippen molar-refractivity contribution in [2.45, 2.75) is 32.2 Å². The van der Waals surface area contributed by atoms with Gasteiger partial charge in [0.25, 0.3) is 0 Å². The highest BCUT2D eigenvalue weighted by molar-refractivity contribution is 5.87. The number of methoxy groups -OCH3 is 1. The summed E-state index contributed by atoms with van der Waals surface area (Å²) in [7, 11) is 1.69. The van der Waals surface area contributed by atoms with Crippen molar-refractivity contribution in [2.75, 3.05) is 13.7 Å². The van der Waals surface area contributed by atoms with Crippen LogP contribution in [0.2, 0.25) is 0 Å². The van der Waals surface area contributed by atoms with Gasteiger partial charge in [-0.25, -0.2) is 0 Å². The Hall–Kier alpha value is -1.48. The van der Waals surface area contributed by atoms with E-state index in [1.807, 2.05) is 12.3 Å². The van der Waals surface area contributed by atoms with Gasteiger partial charge in [0.2, 0.25) is 0 Å². The summed E-state index contributed by atoms with van der Waals surface area (Å²) in [6.45, 7) is 3.11. The Bertz CT molecular complexity index is 555. The molecule has 1 aliphatic carbocycles. The minimum atomic E-state index is 0.763. The summed E-state index contributed by atoms with van der Waals surface area (Å²) in [5, 5.41) is 4.71. The number of aryl methyl sites for hydroxylation is 1. The molecule has 1 fully saturated rings. The minimum Gasteiger partial charge on any atom is -0.493 e. The molecule has 18 heavy (non-hydrogen) atoms. The summed E-state index contributed by atoms with van der Waals surface area (Å²) < 4.78 is 11.0. The zero-order valence-electron chi connectivity index (χ0n) is 11.0. The van der Waals surface area contributed by atoms with Gasteiger partial charge >= 0.3 is 0 Å². The van der Waals surface area contributed by atoms with Crippen molar-refractivity contribution in [3.8, 4) is 5.75 Å². The minimum absolute atomic E-state index is 0.763.